The van der Waals surface area contributed by atoms with Gasteiger partial charge < -0.3 is 4.74 Å². The van der Waals surface area contributed by atoms with E-state index < -0.39 is 5.54 Å². The summed E-state index contributed by atoms with van der Waals surface area (Å²) in [6.07, 6.45) is 8.94. The molecule has 0 aliphatic heterocycles. The van der Waals surface area contributed by atoms with Crippen LogP contribution in [0.4, 0.5) is 0 Å². The summed E-state index contributed by atoms with van der Waals surface area (Å²) in [5.41, 5.74) is -0.557. The second-order valence-electron chi connectivity index (χ2n) is 5.30. The average molecular weight is 227 g/mol. The molecule has 0 unspecified atom stereocenters. The number of ether oxygens (including phenoxy) is 1. The van der Waals surface area contributed by atoms with Crippen LogP contribution in [0.15, 0.2) is 0 Å². The first-order valence-electron chi connectivity index (χ1n) is 6.42. The number of nitrogens with one attached hydrogen (secondary N) is 1. The molecule has 1 N–H and O–H groups in total. The van der Waals surface area contributed by atoms with Crippen molar-refractivity contribution in [3.8, 4) is 0 Å². The molecule has 1 aliphatic rings. The lowest BCUT2D eigenvalue weighted by atomic mass is 9.94. The molecule has 3 nitrogen and oxygen atoms in total. The summed E-state index contributed by atoms with van der Waals surface area (Å²) in [6.45, 7) is 3.80. The highest BCUT2D eigenvalue weighted by Crippen LogP contribution is 2.19. The van der Waals surface area contributed by atoms with Gasteiger partial charge in [-0.1, -0.05) is 32.1 Å². The van der Waals surface area contributed by atoms with Crippen LogP contribution in [0.2, 0.25) is 0 Å². The normalized spacial score (nSPS) is 19.9. The molecule has 1 aliphatic carbocycles. The van der Waals surface area contributed by atoms with Crippen LogP contribution < -0.4 is 5.32 Å². The number of carbonyl (C=O) groups excluding carboxylic acids is 1. The fourth-order valence-electron chi connectivity index (χ4n) is 2.42. The van der Waals surface area contributed by atoms with Crippen molar-refractivity contribution in [2.45, 2.75) is 70.4 Å². The topological polar surface area (TPSA) is 38.3 Å². The van der Waals surface area contributed by atoms with Crippen molar-refractivity contribution in [1.29, 1.82) is 0 Å². The molecule has 1 fully saturated rings. The van der Waals surface area contributed by atoms with Crippen molar-refractivity contribution in [2.24, 2.45) is 0 Å². The van der Waals surface area contributed by atoms with E-state index >= 15 is 0 Å². The zero-order valence-corrected chi connectivity index (χ0v) is 10.8. The van der Waals surface area contributed by atoms with E-state index in [-0.39, 0.29) is 5.97 Å². The monoisotopic (exact) mass is 227 g/mol. The van der Waals surface area contributed by atoms with Gasteiger partial charge in [-0.3, -0.25) is 10.1 Å². The number of esters is 1. The van der Waals surface area contributed by atoms with Crippen molar-refractivity contribution >= 4 is 5.97 Å². The molecule has 0 aromatic heterocycles. The molecule has 0 atom stereocenters. The molecule has 0 spiro atoms. The summed E-state index contributed by atoms with van der Waals surface area (Å²) < 4.78 is 4.81. The predicted octanol–water partition coefficient (Wildman–Crippen LogP) is 2.64. The van der Waals surface area contributed by atoms with Gasteiger partial charge in [-0.05, 0) is 26.7 Å². The maximum Gasteiger partial charge on any atom is 0.325 e. The largest absolute Gasteiger partial charge is 0.468 e. The molecule has 0 aromatic rings. The SMILES string of the molecule is COC(=O)C(C)(C)NC1CCCCCCC1. The molecule has 16 heavy (non-hydrogen) atoms. The molecule has 0 aromatic carbocycles. The summed E-state index contributed by atoms with van der Waals surface area (Å²) in [4.78, 5) is 11.6. The van der Waals surface area contributed by atoms with Crippen LogP contribution in [0, 0.1) is 0 Å². The van der Waals surface area contributed by atoms with Crippen LogP contribution >= 0.6 is 0 Å². The van der Waals surface area contributed by atoms with Gasteiger partial charge >= 0.3 is 5.97 Å². The van der Waals surface area contributed by atoms with E-state index in [0.717, 1.165) is 0 Å². The molecule has 94 valence electrons. The lowest BCUT2D eigenvalue weighted by molar-refractivity contribution is -0.147. The predicted molar refractivity (Wildman–Crippen MR) is 65.3 cm³/mol. The van der Waals surface area contributed by atoms with Gasteiger partial charge in [0.2, 0.25) is 0 Å². The minimum absolute atomic E-state index is 0.172. The minimum atomic E-state index is -0.557. The molecule has 3 heteroatoms. The van der Waals surface area contributed by atoms with Gasteiger partial charge in [0, 0.05) is 6.04 Å². The summed E-state index contributed by atoms with van der Waals surface area (Å²) in [5.74, 6) is -0.172. The Morgan fingerprint density at radius 2 is 1.62 bits per heavy atom. The third kappa shape index (κ3) is 4.12. The minimum Gasteiger partial charge on any atom is -0.468 e. The first-order valence-corrected chi connectivity index (χ1v) is 6.42. The van der Waals surface area contributed by atoms with E-state index in [1.54, 1.807) is 0 Å². The zero-order valence-electron chi connectivity index (χ0n) is 10.8. The van der Waals surface area contributed by atoms with Crippen molar-refractivity contribution in [3.05, 3.63) is 0 Å². The zero-order chi connectivity index (χ0) is 12.0. The van der Waals surface area contributed by atoms with Crippen molar-refractivity contribution in [2.75, 3.05) is 7.11 Å². The maximum atomic E-state index is 11.6. The molecular formula is C13H25NO2. The summed E-state index contributed by atoms with van der Waals surface area (Å²) >= 11 is 0. The molecule has 0 radical (unpaired) electrons. The first-order chi connectivity index (χ1) is 7.56. The van der Waals surface area contributed by atoms with E-state index in [0.29, 0.717) is 6.04 Å². The Morgan fingerprint density at radius 1 is 1.12 bits per heavy atom. The highest BCUT2D eigenvalue weighted by atomic mass is 16.5. The Morgan fingerprint density at radius 3 is 2.12 bits per heavy atom. The highest BCUT2D eigenvalue weighted by Gasteiger charge is 2.30. The molecule has 1 saturated carbocycles. The van der Waals surface area contributed by atoms with Gasteiger partial charge in [0.1, 0.15) is 5.54 Å². The summed E-state index contributed by atoms with van der Waals surface area (Å²) in [6, 6.07) is 0.467. The van der Waals surface area contributed by atoms with Gasteiger partial charge in [0.25, 0.3) is 0 Å². The quantitative estimate of drug-likeness (QED) is 0.753. The number of carbonyl (C=O) groups is 1. The Hall–Kier alpha value is -0.570. The molecule has 0 heterocycles. The Kier molecular flexibility index (Phi) is 5.26. The Bertz CT molecular complexity index is 218. The number of methoxy groups -OCH3 is 1. The van der Waals surface area contributed by atoms with Crippen LogP contribution in [-0.4, -0.2) is 24.7 Å². The lowest BCUT2D eigenvalue weighted by Crippen LogP contribution is -2.52. The fraction of sp³-hybridized carbons (Fsp3) is 0.923. The van der Waals surface area contributed by atoms with Crippen molar-refractivity contribution in [1.82, 2.24) is 5.32 Å². The van der Waals surface area contributed by atoms with Gasteiger partial charge in [0.05, 0.1) is 7.11 Å². The third-order valence-corrected chi connectivity index (χ3v) is 3.37. The van der Waals surface area contributed by atoms with Crippen molar-refractivity contribution in [3.63, 3.8) is 0 Å². The van der Waals surface area contributed by atoms with Gasteiger partial charge in [-0.15, -0.1) is 0 Å². The average Bonchev–Trinajstić information content (AvgIpc) is 2.20. The van der Waals surface area contributed by atoms with Crippen LogP contribution in [-0.2, 0) is 9.53 Å². The second-order valence-corrected chi connectivity index (χ2v) is 5.30. The highest BCUT2D eigenvalue weighted by molar-refractivity contribution is 5.79. The van der Waals surface area contributed by atoms with Crippen LogP contribution in [0.1, 0.15) is 58.8 Å². The lowest BCUT2D eigenvalue weighted by Gasteiger charge is -2.30. The van der Waals surface area contributed by atoms with E-state index in [2.05, 4.69) is 5.32 Å². The van der Waals surface area contributed by atoms with E-state index in [1.807, 2.05) is 13.8 Å². The van der Waals surface area contributed by atoms with Gasteiger partial charge in [-0.2, -0.15) is 0 Å². The third-order valence-electron chi connectivity index (χ3n) is 3.37. The summed E-state index contributed by atoms with van der Waals surface area (Å²) in [5, 5.41) is 3.44. The van der Waals surface area contributed by atoms with E-state index in [9.17, 15) is 4.79 Å². The Labute approximate surface area is 98.9 Å². The van der Waals surface area contributed by atoms with Gasteiger partial charge in [0.15, 0.2) is 0 Å². The van der Waals surface area contributed by atoms with Crippen LogP contribution in [0.25, 0.3) is 0 Å². The molecule has 0 amide bonds. The van der Waals surface area contributed by atoms with Crippen LogP contribution in [0.5, 0.6) is 0 Å². The fourth-order valence-corrected chi connectivity index (χ4v) is 2.42. The van der Waals surface area contributed by atoms with Crippen LogP contribution in [0.3, 0.4) is 0 Å². The number of hydrogen-bond acceptors (Lipinski definition) is 3. The number of rotatable bonds is 3. The maximum absolute atomic E-state index is 11.6. The summed E-state index contributed by atoms with van der Waals surface area (Å²) in [7, 11) is 1.45. The molecule has 0 bridgehead atoms. The molecular weight excluding hydrogens is 202 g/mol. The second kappa shape index (κ2) is 6.24. The number of hydrogen-bond donors (Lipinski definition) is 1. The smallest absolute Gasteiger partial charge is 0.325 e. The molecule has 1 rings (SSSR count). The van der Waals surface area contributed by atoms with Crippen molar-refractivity contribution < 1.29 is 9.53 Å². The Balaban J connectivity index is 2.46. The van der Waals surface area contributed by atoms with Gasteiger partial charge in [-0.25, -0.2) is 0 Å². The standard InChI is InChI=1S/C13H25NO2/c1-13(2,12(15)16-3)14-11-9-7-5-4-6-8-10-11/h11,14H,4-10H2,1-3H3. The van der Waals surface area contributed by atoms with E-state index in [1.165, 1.54) is 52.1 Å². The molecule has 0 saturated heterocycles. The first kappa shape index (κ1) is 13.5. The van der Waals surface area contributed by atoms with E-state index in [4.69, 9.17) is 4.74 Å².